The molecule has 1 aliphatic rings. The lowest BCUT2D eigenvalue weighted by atomic mass is 10.1. The first-order chi connectivity index (χ1) is 12.8. The number of nitrogens with one attached hydrogen (secondary N) is 4. The number of rotatable bonds is 6. The van der Waals surface area contributed by atoms with Crippen molar-refractivity contribution in [1.82, 2.24) is 5.32 Å². The number of benzene rings is 2. The average Bonchev–Trinajstić information content (AvgIpc) is 2.71. The highest BCUT2D eigenvalue weighted by Gasteiger charge is 2.11. The Labute approximate surface area is 154 Å². The third-order valence-corrected chi connectivity index (χ3v) is 4.31. The lowest BCUT2D eigenvalue weighted by Gasteiger charge is -2.23. The molecule has 1 atom stereocenters. The molecule has 2 aromatic rings. The molecular weight excluding hydrogens is 324 g/mol. The summed E-state index contributed by atoms with van der Waals surface area (Å²) in [4.78, 5) is 0. The summed E-state index contributed by atoms with van der Waals surface area (Å²) < 4.78 is 5.65. The molecule has 0 saturated carbocycles. The van der Waals surface area contributed by atoms with Crippen LogP contribution in [0.5, 0.6) is 0 Å². The maximum atomic E-state index is 8.14. The minimum Gasteiger partial charge on any atom is -0.366 e. The molecule has 0 aromatic heterocycles. The van der Waals surface area contributed by atoms with Gasteiger partial charge >= 0.3 is 0 Å². The van der Waals surface area contributed by atoms with E-state index < -0.39 is 0 Å². The normalized spacial score (nSPS) is 17.4. The van der Waals surface area contributed by atoms with Crippen LogP contribution in [0.4, 0.5) is 5.69 Å². The van der Waals surface area contributed by atoms with Crippen LogP contribution >= 0.6 is 0 Å². The first-order valence-electron chi connectivity index (χ1n) is 8.86. The van der Waals surface area contributed by atoms with Crippen LogP contribution in [0.15, 0.2) is 60.8 Å². The van der Waals surface area contributed by atoms with Crippen LogP contribution in [0.2, 0.25) is 0 Å². The predicted molar refractivity (Wildman–Crippen MR) is 107 cm³/mol. The maximum absolute atomic E-state index is 8.14. The van der Waals surface area contributed by atoms with Gasteiger partial charge in [-0.2, -0.15) is 0 Å². The number of allylic oxidation sites excluding steroid dienone is 1. The summed E-state index contributed by atoms with van der Waals surface area (Å²) in [7, 11) is 0. The maximum Gasteiger partial charge on any atom is 0.129 e. The summed E-state index contributed by atoms with van der Waals surface area (Å²) in [5.74, 6) is 0.359. The molecule has 0 amide bonds. The van der Waals surface area contributed by atoms with E-state index >= 15 is 0 Å². The number of ether oxygens (including phenoxy) is 1. The molecule has 0 aliphatic carbocycles. The van der Waals surface area contributed by atoms with Crippen molar-refractivity contribution < 1.29 is 4.74 Å². The molecule has 0 radical (unpaired) electrons. The van der Waals surface area contributed by atoms with Crippen molar-refractivity contribution in [2.75, 3.05) is 11.9 Å². The molecule has 1 fully saturated rings. The molecule has 134 valence electrons. The molecule has 1 heterocycles. The average molecular weight is 348 g/mol. The fourth-order valence-corrected chi connectivity index (χ4v) is 2.83. The Balaban J connectivity index is 1.63. The molecule has 5 heteroatoms. The van der Waals surface area contributed by atoms with Crippen molar-refractivity contribution in [2.45, 2.75) is 25.5 Å². The highest BCUT2D eigenvalue weighted by atomic mass is 16.5. The van der Waals surface area contributed by atoms with Crippen molar-refractivity contribution >= 4 is 23.3 Å². The van der Waals surface area contributed by atoms with Gasteiger partial charge in [-0.3, -0.25) is 5.41 Å². The lowest BCUT2D eigenvalue weighted by Crippen LogP contribution is -2.31. The van der Waals surface area contributed by atoms with E-state index in [9.17, 15) is 0 Å². The van der Waals surface area contributed by atoms with Gasteiger partial charge in [-0.25, -0.2) is 0 Å². The molecule has 0 bridgehead atoms. The quantitative estimate of drug-likeness (QED) is 0.466. The molecule has 5 nitrogen and oxygen atoms in total. The van der Waals surface area contributed by atoms with Crippen molar-refractivity contribution in [1.29, 1.82) is 10.8 Å². The van der Waals surface area contributed by atoms with E-state index in [2.05, 4.69) is 10.6 Å². The first-order valence-corrected chi connectivity index (χ1v) is 8.86. The zero-order chi connectivity index (χ0) is 18.2. The molecule has 1 unspecified atom stereocenters. The van der Waals surface area contributed by atoms with Gasteiger partial charge in [0.25, 0.3) is 0 Å². The minimum atomic E-state index is 0.0333. The topological polar surface area (TPSA) is 81.0 Å². The Morgan fingerprint density at radius 1 is 1.00 bits per heavy atom. The standard InChI is InChI=1S/C21H24N4O/c22-14-18(15-24-20-8-4-5-13-26-20)16-9-11-19(12-10-16)25-21(23)17-6-2-1-3-7-17/h1-3,6-7,9-12,14-15,20,22,24H,4-5,8,13H2,(H2,23,25)/b18-15+,22-14?. The van der Waals surface area contributed by atoms with E-state index in [4.69, 9.17) is 15.6 Å². The summed E-state index contributed by atoms with van der Waals surface area (Å²) in [6.07, 6.45) is 6.49. The zero-order valence-corrected chi connectivity index (χ0v) is 14.7. The molecule has 4 N–H and O–H groups in total. The van der Waals surface area contributed by atoms with Crippen LogP contribution in [0.3, 0.4) is 0 Å². The van der Waals surface area contributed by atoms with Gasteiger partial charge in [0.2, 0.25) is 0 Å². The summed E-state index contributed by atoms with van der Waals surface area (Å²) in [6.45, 7) is 0.791. The fraction of sp³-hybridized carbons (Fsp3) is 0.238. The highest BCUT2D eigenvalue weighted by Crippen LogP contribution is 2.17. The van der Waals surface area contributed by atoms with Gasteiger partial charge < -0.3 is 20.8 Å². The van der Waals surface area contributed by atoms with Crippen LogP contribution in [0, 0.1) is 10.8 Å². The third-order valence-electron chi connectivity index (χ3n) is 4.31. The lowest BCUT2D eigenvalue weighted by molar-refractivity contribution is 0.00348. The van der Waals surface area contributed by atoms with Crippen LogP contribution in [-0.4, -0.2) is 24.9 Å². The van der Waals surface area contributed by atoms with Gasteiger partial charge in [-0.15, -0.1) is 0 Å². The molecule has 26 heavy (non-hydrogen) atoms. The highest BCUT2D eigenvalue weighted by molar-refractivity contribution is 6.09. The van der Waals surface area contributed by atoms with E-state index in [1.165, 1.54) is 12.6 Å². The van der Waals surface area contributed by atoms with Crippen LogP contribution in [0.25, 0.3) is 5.57 Å². The first kappa shape index (κ1) is 17.9. The molecule has 0 spiro atoms. The van der Waals surface area contributed by atoms with Crippen LogP contribution < -0.4 is 10.6 Å². The number of hydrogen-bond donors (Lipinski definition) is 4. The molecule has 1 aliphatic heterocycles. The Bertz CT molecular complexity index is 762. The van der Waals surface area contributed by atoms with E-state index in [1.807, 2.05) is 60.8 Å². The smallest absolute Gasteiger partial charge is 0.129 e. The second-order valence-electron chi connectivity index (χ2n) is 6.21. The molecule has 1 saturated heterocycles. The van der Waals surface area contributed by atoms with E-state index in [0.29, 0.717) is 5.84 Å². The van der Waals surface area contributed by atoms with Gasteiger partial charge in [0.05, 0.1) is 0 Å². The molecule has 3 rings (SSSR count). The van der Waals surface area contributed by atoms with E-state index in [0.717, 1.165) is 41.8 Å². The van der Waals surface area contributed by atoms with Crippen LogP contribution in [0.1, 0.15) is 30.4 Å². The van der Waals surface area contributed by atoms with Gasteiger partial charge in [-0.05, 0) is 37.0 Å². The summed E-state index contributed by atoms with van der Waals surface area (Å²) in [5, 5.41) is 22.2. The predicted octanol–water partition coefficient (Wildman–Crippen LogP) is 4.23. The summed E-state index contributed by atoms with van der Waals surface area (Å²) in [6, 6.07) is 17.3. The van der Waals surface area contributed by atoms with Gasteiger partial charge in [0, 0.05) is 35.8 Å². The molecule has 2 aromatic carbocycles. The van der Waals surface area contributed by atoms with Gasteiger partial charge in [0.15, 0.2) is 0 Å². The van der Waals surface area contributed by atoms with Crippen molar-refractivity contribution in [3.8, 4) is 0 Å². The van der Waals surface area contributed by atoms with E-state index in [1.54, 1.807) is 0 Å². The van der Waals surface area contributed by atoms with Crippen molar-refractivity contribution in [3.63, 3.8) is 0 Å². The SMILES string of the molecule is N=C/C(=C\NC1CCCCO1)c1ccc(NC(=N)c2ccccc2)cc1. The second kappa shape index (κ2) is 8.97. The number of amidine groups is 1. The monoisotopic (exact) mass is 348 g/mol. The van der Waals surface area contributed by atoms with Crippen LogP contribution in [-0.2, 0) is 4.74 Å². The largest absolute Gasteiger partial charge is 0.366 e. The van der Waals surface area contributed by atoms with Crippen molar-refractivity contribution in [2.24, 2.45) is 0 Å². The fourth-order valence-electron chi connectivity index (χ4n) is 2.83. The molecular formula is C21H24N4O. The van der Waals surface area contributed by atoms with Gasteiger partial charge in [0.1, 0.15) is 12.1 Å². The van der Waals surface area contributed by atoms with Crippen molar-refractivity contribution in [3.05, 3.63) is 71.9 Å². The Hall–Kier alpha value is -2.92. The minimum absolute atomic E-state index is 0.0333. The van der Waals surface area contributed by atoms with Gasteiger partial charge in [-0.1, -0.05) is 42.5 Å². The Morgan fingerprint density at radius 2 is 1.77 bits per heavy atom. The second-order valence-corrected chi connectivity index (χ2v) is 6.21. The number of anilines is 1. The third kappa shape index (κ3) is 4.80. The summed E-state index contributed by atoms with van der Waals surface area (Å²) in [5.41, 5.74) is 3.42. The Morgan fingerprint density at radius 3 is 2.42 bits per heavy atom. The zero-order valence-electron chi connectivity index (χ0n) is 14.7. The summed E-state index contributed by atoms with van der Waals surface area (Å²) >= 11 is 0. The number of hydrogen-bond acceptors (Lipinski definition) is 4. The van der Waals surface area contributed by atoms with E-state index in [-0.39, 0.29) is 6.23 Å². The Kier molecular flexibility index (Phi) is 6.17.